The Morgan fingerprint density at radius 3 is 2.72 bits per heavy atom. The van der Waals surface area contributed by atoms with Crippen molar-refractivity contribution in [1.29, 1.82) is 0 Å². The number of hydrogen-bond donors (Lipinski definition) is 2. The predicted molar refractivity (Wildman–Crippen MR) is 118 cm³/mol. The highest BCUT2D eigenvalue weighted by atomic mass is 32.1. The standard InChI is InChI=1S/C23H26N4OS/c1-23(22(28)25-14-19-9-6-12-29-19)16-27(2)15-18-10-11-20(26-21(18)23)24-13-17-7-4-3-5-8-17/h3-12H,13-16H2,1-2H3,(H,24,26)(H,25,28). The van der Waals surface area contributed by atoms with E-state index in [1.54, 1.807) is 11.3 Å². The van der Waals surface area contributed by atoms with Crippen molar-refractivity contribution >= 4 is 23.1 Å². The third-order valence-corrected chi connectivity index (χ3v) is 6.23. The van der Waals surface area contributed by atoms with Crippen molar-refractivity contribution in [3.8, 4) is 0 Å². The van der Waals surface area contributed by atoms with Crippen LogP contribution in [-0.2, 0) is 29.8 Å². The van der Waals surface area contributed by atoms with E-state index in [4.69, 9.17) is 4.98 Å². The molecule has 0 bridgehead atoms. The summed E-state index contributed by atoms with van der Waals surface area (Å²) < 4.78 is 0. The maximum absolute atomic E-state index is 13.2. The summed E-state index contributed by atoms with van der Waals surface area (Å²) >= 11 is 1.65. The van der Waals surface area contributed by atoms with Crippen molar-refractivity contribution in [3.05, 3.63) is 81.7 Å². The predicted octanol–water partition coefficient (Wildman–Crippen LogP) is 3.77. The van der Waals surface area contributed by atoms with Gasteiger partial charge in [0.2, 0.25) is 5.91 Å². The number of amides is 1. The zero-order valence-corrected chi connectivity index (χ0v) is 17.6. The number of hydrogen-bond acceptors (Lipinski definition) is 5. The number of aromatic nitrogens is 1. The van der Waals surface area contributed by atoms with Gasteiger partial charge in [-0.3, -0.25) is 4.79 Å². The van der Waals surface area contributed by atoms with Gasteiger partial charge in [-0.15, -0.1) is 11.3 Å². The highest BCUT2D eigenvalue weighted by molar-refractivity contribution is 7.09. The second-order valence-electron chi connectivity index (χ2n) is 7.81. The number of likely N-dealkylation sites (N-methyl/N-ethyl adjacent to an activating group) is 1. The first-order chi connectivity index (χ1) is 14.0. The number of nitrogens with zero attached hydrogens (tertiary/aromatic N) is 2. The van der Waals surface area contributed by atoms with Gasteiger partial charge in [0.25, 0.3) is 0 Å². The topological polar surface area (TPSA) is 57.3 Å². The molecule has 1 atom stereocenters. The van der Waals surface area contributed by atoms with Crippen LogP contribution in [0.3, 0.4) is 0 Å². The summed E-state index contributed by atoms with van der Waals surface area (Å²) in [7, 11) is 2.05. The monoisotopic (exact) mass is 406 g/mol. The fraction of sp³-hybridized carbons (Fsp3) is 0.304. The van der Waals surface area contributed by atoms with Crippen molar-refractivity contribution in [2.45, 2.75) is 32.0 Å². The smallest absolute Gasteiger partial charge is 0.233 e. The van der Waals surface area contributed by atoms with Crippen LogP contribution in [0.25, 0.3) is 0 Å². The highest BCUT2D eigenvalue weighted by Crippen LogP contribution is 2.33. The molecule has 1 unspecified atom stereocenters. The molecule has 150 valence electrons. The lowest BCUT2D eigenvalue weighted by molar-refractivity contribution is -0.127. The normalized spacial score (nSPS) is 18.8. The van der Waals surface area contributed by atoms with Crippen LogP contribution in [0.4, 0.5) is 5.82 Å². The molecule has 5 nitrogen and oxygen atoms in total. The zero-order valence-electron chi connectivity index (χ0n) is 16.8. The van der Waals surface area contributed by atoms with Crippen molar-refractivity contribution < 1.29 is 4.79 Å². The SMILES string of the molecule is CN1Cc2ccc(NCc3ccccc3)nc2C(C)(C(=O)NCc2cccs2)C1. The van der Waals surface area contributed by atoms with E-state index < -0.39 is 5.41 Å². The van der Waals surface area contributed by atoms with E-state index in [2.05, 4.69) is 40.8 Å². The molecule has 0 fully saturated rings. The molecule has 2 aromatic heterocycles. The Bertz CT molecular complexity index is 974. The first-order valence-electron chi connectivity index (χ1n) is 9.82. The van der Waals surface area contributed by atoms with E-state index in [1.807, 2.05) is 48.7 Å². The van der Waals surface area contributed by atoms with Crippen LogP contribution in [0.15, 0.2) is 60.0 Å². The Morgan fingerprint density at radius 2 is 1.97 bits per heavy atom. The first-order valence-corrected chi connectivity index (χ1v) is 10.7. The molecule has 6 heteroatoms. The molecule has 0 aliphatic carbocycles. The van der Waals surface area contributed by atoms with Gasteiger partial charge >= 0.3 is 0 Å². The fourth-order valence-electron chi connectivity index (χ4n) is 3.90. The Hall–Kier alpha value is -2.70. The third kappa shape index (κ3) is 4.33. The number of thiophene rings is 1. The molecule has 0 radical (unpaired) electrons. The molecule has 0 spiro atoms. The maximum Gasteiger partial charge on any atom is 0.233 e. The second-order valence-corrected chi connectivity index (χ2v) is 8.84. The summed E-state index contributed by atoms with van der Waals surface area (Å²) in [5.74, 6) is 0.820. The van der Waals surface area contributed by atoms with Gasteiger partial charge in [-0.05, 0) is 42.6 Å². The zero-order chi connectivity index (χ0) is 20.3. The van der Waals surface area contributed by atoms with Crippen molar-refractivity contribution in [3.63, 3.8) is 0 Å². The lowest BCUT2D eigenvalue weighted by Crippen LogP contribution is -2.52. The minimum atomic E-state index is -0.690. The molecule has 29 heavy (non-hydrogen) atoms. The summed E-state index contributed by atoms with van der Waals surface area (Å²) in [6.45, 7) is 4.70. The number of pyridine rings is 1. The average molecular weight is 407 g/mol. The Kier molecular flexibility index (Phi) is 5.65. The fourth-order valence-corrected chi connectivity index (χ4v) is 4.54. The highest BCUT2D eigenvalue weighted by Gasteiger charge is 2.42. The van der Waals surface area contributed by atoms with Gasteiger partial charge < -0.3 is 15.5 Å². The van der Waals surface area contributed by atoms with E-state index >= 15 is 0 Å². The van der Waals surface area contributed by atoms with Crippen LogP contribution in [-0.4, -0.2) is 29.4 Å². The van der Waals surface area contributed by atoms with Crippen LogP contribution >= 0.6 is 11.3 Å². The number of carbonyl (C=O) groups is 1. The second kappa shape index (κ2) is 8.35. The van der Waals surface area contributed by atoms with Gasteiger partial charge in [0.1, 0.15) is 11.2 Å². The van der Waals surface area contributed by atoms with Gasteiger partial charge in [0.15, 0.2) is 0 Å². The summed E-state index contributed by atoms with van der Waals surface area (Å²) in [5.41, 5.74) is 2.49. The molecule has 2 N–H and O–H groups in total. The molecule has 3 aromatic rings. The van der Waals surface area contributed by atoms with Crippen LogP contribution in [0, 0.1) is 0 Å². The van der Waals surface area contributed by atoms with Gasteiger partial charge in [0.05, 0.1) is 12.2 Å². The molecule has 0 saturated heterocycles. The molecule has 4 rings (SSSR count). The van der Waals surface area contributed by atoms with Crippen LogP contribution in [0.2, 0.25) is 0 Å². The lowest BCUT2D eigenvalue weighted by atomic mass is 9.79. The van der Waals surface area contributed by atoms with Gasteiger partial charge in [-0.1, -0.05) is 42.5 Å². The van der Waals surface area contributed by atoms with E-state index in [0.29, 0.717) is 19.6 Å². The summed E-state index contributed by atoms with van der Waals surface area (Å²) in [6.07, 6.45) is 0. The molecular weight excluding hydrogens is 380 g/mol. The first kappa shape index (κ1) is 19.6. The Labute approximate surface area is 175 Å². The summed E-state index contributed by atoms with van der Waals surface area (Å²) in [4.78, 5) is 21.4. The number of fused-ring (bicyclic) bond motifs is 1. The number of anilines is 1. The van der Waals surface area contributed by atoms with Crippen molar-refractivity contribution in [2.75, 3.05) is 18.9 Å². The van der Waals surface area contributed by atoms with Gasteiger partial charge in [0, 0.05) is 24.5 Å². The third-order valence-electron chi connectivity index (χ3n) is 5.35. The summed E-state index contributed by atoms with van der Waals surface area (Å²) in [5, 5.41) is 8.54. The van der Waals surface area contributed by atoms with E-state index in [9.17, 15) is 4.79 Å². The quantitative estimate of drug-likeness (QED) is 0.654. The van der Waals surface area contributed by atoms with Crippen LogP contribution < -0.4 is 10.6 Å². The number of rotatable bonds is 6. The van der Waals surface area contributed by atoms with Crippen LogP contribution in [0.1, 0.15) is 28.6 Å². The number of benzene rings is 1. The number of nitrogens with one attached hydrogen (secondary N) is 2. The molecule has 1 aliphatic rings. The summed E-state index contributed by atoms with van der Waals surface area (Å²) in [6, 6.07) is 18.4. The maximum atomic E-state index is 13.2. The largest absolute Gasteiger partial charge is 0.366 e. The molecule has 0 saturated carbocycles. The van der Waals surface area contributed by atoms with Gasteiger partial charge in [-0.2, -0.15) is 0 Å². The molecule has 3 heterocycles. The van der Waals surface area contributed by atoms with E-state index in [1.165, 1.54) is 5.56 Å². The van der Waals surface area contributed by atoms with E-state index in [0.717, 1.165) is 28.5 Å². The lowest BCUT2D eigenvalue weighted by Gasteiger charge is -2.38. The van der Waals surface area contributed by atoms with E-state index in [-0.39, 0.29) is 5.91 Å². The molecule has 1 amide bonds. The van der Waals surface area contributed by atoms with Crippen molar-refractivity contribution in [1.82, 2.24) is 15.2 Å². The molecule has 1 aliphatic heterocycles. The minimum Gasteiger partial charge on any atom is -0.366 e. The van der Waals surface area contributed by atoms with Crippen LogP contribution in [0.5, 0.6) is 0 Å². The molecular formula is C23H26N4OS. The average Bonchev–Trinajstić information content (AvgIpc) is 3.25. The number of carbonyl (C=O) groups excluding carboxylic acids is 1. The minimum absolute atomic E-state index is 0.0198. The molecule has 1 aromatic carbocycles. The Morgan fingerprint density at radius 1 is 1.14 bits per heavy atom. The van der Waals surface area contributed by atoms with Crippen molar-refractivity contribution in [2.24, 2.45) is 0 Å². The Balaban J connectivity index is 1.55. The van der Waals surface area contributed by atoms with Gasteiger partial charge in [-0.25, -0.2) is 4.98 Å².